The second kappa shape index (κ2) is 13.8. The van der Waals surface area contributed by atoms with Gasteiger partial charge in [-0.3, -0.25) is 15.0 Å². The number of fused-ring (bicyclic) bond motifs is 1. The third-order valence-corrected chi connectivity index (χ3v) is 6.42. The first-order valence-corrected chi connectivity index (χ1v) is 12.8. The van der Waals surface area contributed by atoms with Gasteiger partial charge in [-0.25, -0.2) is 4.39 Å². The molecule has 0 saturated carbocycles. The van der Waals surface area contributed by atoms with Crippen LogP contribution < -0.4 is 18.9 Å². The van der Waals surface area contributed by atoms with Crippen LogP contribution in [0.5, 0.6) is 23.0 Å². The van der Waals surface area contributed by atoms with Crippen molar-refractivity contribution < 1.29 is 37.7 Å². The molecule has 3 rings (SSSR count). The summed E-state index contributed by atoms with van der Waals surface area (Å²) < 4.78 is 42.1. The largest absolute Gasteiger partial charge is 0.493 e. The minimum absolute atomic E-state index is 0. The molecule has 11 heteroatoms. The molecule has 1 aliphatic heterocycles. The highest BCUT2D eigenvalue weighted by molar-refractivity contribution is 8.93. The molecule has 2 aromatic rings. The van der Waals surface area contributed by atoms with E-state index in [2.05, 4.69) is 0 Å². The quantitative estimate of drug-likeness (QED) is 0.188. The molecule has 2 aromatic carbocycles. The van der Waals surface area contributed by atoms with Crippen molar-refractivity contribution in [1.29, 1.82) is 5.41 Å². The fourth-order valence-electron chi connectivity index (χ4n) is 4.49. The summed E-state index contributed by atoms with van der Waals surface area (Å²) in [5.41, 5.74) is 1.41. The van der Waals surface area contributed by atoms with E-state index in [4.69, 9.17) is 29.1 Å². The van der Waals surface area contributed by atoms with E-state index in [-0.39, 0.29) is 83.2 Å². The number of hydrogen-bond acceptors (Lipinski definition) is 8. The number of carbonyl (C=O) groups excluding carboxylic acids is 2. The van der Waals surface area contributed by atoms with Crippen LogP contribution in [-0.4, -0.2) is 63.6 Å². The molecule has 0 amide bonds. The lowest BCUT2D eigenvalue weighted by atomic mass is 9.84. The third kappa shape index (κ3) is 7.04. The van der Waals surface area contributed by atoms with Crippen LogP contribution in [0.4, 0.5) is 4.39 Å². The van der Waals surface area contributed by atoms with Gasteiger partial charge in [-0.15, -0.1) is 17.0 Å². The number of ether oxygens (including phenoxy) is 5. The van der Waals surface area contributed by atoms with Gasteiger partial charge >= 0.3 is 5.97 Å². The number of methoxy groups -OCH3 is 3. The van der Waals surface area contributed by atoms with Gasteiger partial charge in [-0.05, 0) is 42.5 Å². The lowest BCUT2D eigenvalue weighted by Gasteiger charge is -2.25. The molecule has 0 aliphatic carbocycles. The number of hydrogen-bond donors (Lipinski definition) is 1. The van der Waals surface area contributed by atoms with E-state index in [0.717, 1.165) is 5.56 Å². The van der Waals surface area contributed by atoms with E-state index < -0.39 is 5.82 Å². The monoisotopic (exact) mass is 624 g/mol. The van der Waals surface area contributed by atoms with Crippen molar-refractivity contribution in [2.45, 2.75) is 52.5 Å². The fraction of sp³-hybridized carbons (Fsp3) is 0.483. The minimum atomic E-state index is -0.690. The predicted octanol–water partition coefficient (Wildman–Crippen LogP) is 5.47. The first-order chi connectivity index (χ1) is 18.5. The molecule has 0 aromatic heterocycles. The maximum Gasteiger partial charge on any atom is 0.305 e. The average molecular weight is 626 g/mol. The Balaban J connectivity index is 0.00000560. The molecule has 0 unspecified atom stereocenters. The summed E-state index contributed by atoms with van der Waals surface area (Å²) in [6.07, 6.45) is 0.650. The summed E-state index contributed by atoms with van der Waals surface area (Å²) >= 11 is 0. The maximum absolute atomic E-state index is 15.1. The molecule has 40 heavy (non-hydrogen) atoms. The Morgan fingerprint density at radius 1 is 1.02 bits per heavy atom. The Bertz CT molecular complexity index is 1260. The first kappa shape index (κ1) is 32.9. The number of nitrogens with one attached hydrogen (secondary N) is 1. The second-order valence-electron chi connectivity index (χ2n) is 10.2. The van der Waals surface area contributed by atoms with Gasteiger partial charge in [0.2, 0.25) is 0 Å². The van der Waals surface area contributed by atoms with Crippen molar-refractivity contribution in [2.24, 2.45) is 0 Å². The van der Waals surface area contributed by atoms with Crippen LogP contribution in [0, 0.1) is 11.2 Å². The van der Waals surface area contributed by atoms with Crippen molar-refractivity contribution >= 4 is 34.6 Å². The summed E-state index contributed by atoms with van der Waals surface area (Å²) in [7, 11) is 4.29. The standard InChI is InChI=1S/C29H37FN2O7.BrH/c1-8-38-23(34)10-9-11-39-22-13-17(12-19(26(22)36-6)29(2,3)4)20(33)16-32-15-18-14-21(35-5)27(37-7)25(30)24(18)28(32)31;/h12-14,31H,8-11,15-16H2,1-7H3;1H. The van der Waals surface area contributed by atoms with Crippen molar-refractivity contribution in [3.63, 3.8) is 0 Å². The number of ketones is 1. The first-order valence-electron chi connectivity index (χ1n) is 12.8. The Labute approximate surface area is 245 Å². The number of benzene rings is 2. The number of nitrogens with zero attached hydrogens (tertiary/aromatic N) is 1. The summed E-state index contributed by atoms with van der Waals surface area (Å²) in [6, 6.07) is 5.01. The van der Waals surface area contributed by atoms with Crippen LogP contribution >= 0.6 is 17.0 Å². The van der Waals surface area contributed by atoms with Gasteiger partial charge in [0.1, 0.15) is 5.84 Å². The zero-order valence-electron chi connectivity index (χ0n) is 24.1. The second-order valence-corrected chi connectivity index (χ2v) is 10.2. The summed E-state index contributed by atoms with van der Waals surface area (Å²) in [4.78, 5) is 26.7. The zero-order valence-corrected chi connectivity index (χ0v) is 25.8. The molecule has 1 aliphatic rings. The number of Topliss-reactive ketones (excluding diaryl/α,β-unsaturated/α-hetero) is 1. The molecular weight excluding hydrogens is 587 g/mol. The van der Waals surface area contributed by atoms with E-state index in [1.165, 1.54) is 26.2 Å². The predicted molar refractivity (Wildman–Crippen MR) is 154 cm³/mol. The molecule has 0 radical (unpaired) electrons. The lowest BCUT2D eigenvalue weighted by molar-refractivity contribution is -0.143. The molecule has 0 bridgehead atoms. The number of carbonyl (C=O) groups is 2. The molecule has 0 atom stereocenters. The van der Waals surface area contributed by atoms with Crippen LogP contribution in [-0.2, 0) is 21.5 Å². The van der Waals surface area contributed by atoms with Gasteiger partial charge in [-0.1, -0.05) is 20.8 Å². The number of halogens is 2. The van der Waals surface area contributed by atoms with Gasteiger partial charge in [0.05, 0.1) is 46.7 Å². The fourth-order valence-corrected chi connectivity index (χ4v) is 4.49. The van der Waals surface area contributed by atoms with Crippen molar-refractivity contribution in [3.8, 4) is 23.0 Å². The van der Waals surface area contributed by atoms with Crippen LogP contribution in [0.1, 0.15) is 67.6 Å². The van der Waals surface area contributed by atoms with E-state index in [1.807, 2.05) is 20.8 Å². The average Bonchev–Trinajstić information content (AvgIpc) is 3.20. The van der Waals surface area contributed by atoms with Crippen LogP contribution in [0.25, 0.3) is 0 Å². The van der Waals surface area contributed by atoms with Crippen molar-refractivity contribution in [3.05, 3.63) is 46.3 Å². The molecule has 220 valence electrons. The smallest absolute Gasteiger partial charge is 0.305 e. The molecule has 0 spiro atoms. The summed E-state index contributed by atoms with van der Waals surface area (Å²) in [6.45, 7) is 8.33. The Hall–Kier alpha value is -3.34. The molecular formula is C29H38BrFN2O7. The highest BCUT2D eigenvalue weighted by Crippen LogP contribution is 2.41. The lowest BCUT2D eigenvalue weighted by Crippen LogP contribution is -2.30. The number of rotatable bonds is 12. The van der Waals surface area contributed by atoms with Gasteiger partial charge in [0, 0.05) is 24.1 Å². The maximum atomic E-state index is 15.1. The Kier molecular flexibility index (Phi) is 11.4. The van der Waals surface area contributed by atoms with Gasteiger partial charge in [-0.2, -0.15) is 0 Å². The van der Waals surface area contributed by atoms with E-state index in [9.17, 15) is 9.59 Å². The Morgan fingerprint density at radius 3 is 2.27 bits per heavy atom. The molecule has 0 saturated heterocycles. The van der Waals surface area contributed by atoms with Crippen molar-refractivity contribution in [1.82, 2.24) is 4.90 Å². The molecule has 1 N–H and O–H groups in total. The van der Waals surface area contributed by atoms with E-state index in [1.54, 1.807) is 25.1 Å². The van der Waals surface area contributed by atoms with Gasteiger partial charge < -0.3 is 28.6 Å². The molecule has 1 heterocycles. The van der Waals surface area contributed by atoms with Crippen LogP contribution in [0.15, 0.2) is 18.2 Å². The highest BCUT2D eigenvalue weighted by Gasteiger charge is 2.33. The zero-order chi connectivity index (χ0) is 28.9. The van der Waals surface area contributed by atoms with Crippen LogP contribution in [0.3, 0.4) is 0 Å². The molecule has 9 nitrogen and oxygen atoms in total. The minimum Gasteiger partial charge on any atom is -0.493 e. The SMILES string of the molecule is Br.CCOC(=O)CCCOc1cc(C(=O)CN2Cc3cc(OC)c(OC)c(F)c3C2=N)cc(C(C)(C)C)c1OC. The van der Waals surface area contributed by atoms with E-state index in [0.29, 0.717) is 35.7 Å². The van der Waals surface area contributed by atoms with Gasteiger partial charge in [0.25, 0.3) is 0 Å². The highest BCUT2D eigenvalue weighted by atomic mass is 79.9. The summed E-state index contributed by atoms with van der Waals surface area (Å²) in [5.74, 6) is -0.311. The Morgan fingerprint density at radius 2 is 1.70 bits per heavy atom. The third-order valence-electron chi connectivity index (χ3n) is 6.42. The summed E-state index contributed by atoms with van der Waals surface area (Å²) in [5, 5.41) is 8.56. The topological polar surface area (TPSA) is 107 Å². The van der Waals surface area contributed by atoms with E-state index >= 15 is 4.39 Å². The van der Waals surface area contributed by atoms with Crippen molar-refractivity contribution in [2.75, 3.05) is 41.1 Å². The van der Waals surface area contributed by atoms with Gasteiger partial charge in [0.15, 0.2) is 34.6 Å². The van der Waals surface area contributed by atoms with Crippen LogP contribution in [0.2, 0.25) is 0 Å². The molecule has 0 fully saturated rings. The number of esters is 1. The number of amidine groups is 1. The normalized spacial score (nSPS) is 12.4.